The highest BCUT2D eigenvalue weighted by Gasteiger charge is 2.52. The normalized spacial score (nSPS) is 11.3. The second-order valence-corrected chi connectivity index (χ2v) is 15.3. The summed E-state index contributed by atoms with van der Waals surface area (Å²) in [5.41, 5.74) is 1.19. The zero-order valence-electron chi connectivity index (χ0n) is 23.4. The number of carbonyl (C=O) groups excluding carboxylic acids is 2. The van der Waals surface area contributed by atoms with E-state index in [1.165, 1.54) is 13.2 Å². The van der Waals surface area contributed by atoms with Gasteiger partial charge in [-0.15, -0.1) is 0 Å². The maximum absolute atomic E-state index is 13.7. The lowest BCUT2D eigenvalue weighted by Gasteiger charge is -2.43. The quantitative estimate of drug-likeness (QED) is 0.138. The largest absolute Gasteiger partial charge is 0.531 e. The number of hydrogen-bond acceptors (Lipinski definition) is 5. The average Bonchev–Trinajstić information content (AvgIpc) is 2.99. The van der Waals surface area contributed by atoms with Gasteiger partial charge in [0.05, 0.1) is 35.3 Å². The third-order valence-electron chi connectivity index (χ3n) is 6.88. The number of anilines is 1. The Hall–Kier alpha value is -4.19. The van der Waals surface area contributed by atoms with E-state index in [-0.39, 0.29) is 33.3 Å². The Morgan fingerprint density at radius 3 is 2.00 bits per heavy atom. The SMILES string of the molecule is COc1cc(C(=O)c2cccc(C#N)c2)c(NC(=O)CBr)cc1O[Si](c1ccccc1)(c1ccccc1)C(C)(C)C. The number of halogens is 1. The van der Waals surface area contributed by atoms with E-state index < -0.39 is 8.32 Å². The molecule has 6 nitrogen and oxygen atoms in total. The zero-order valence-corrected chi connectivity index (χ0v) is 26.0. The smallest absolute Gasteiger partial charge is 0.320 e. The number of nitrogens with zero attached hydrogens (tertiary/aromatic N) is 1. The second kappa shape index (κ2) is 12.5. The lowest BCUT2D eigenvalue weighted by Crippen LogP contribution is -2.68. The number of amides is 1. The summed E-state index contributed by atoms with van der Waals surface area (Å²) in [6.07, 6.45) is 0. The summed E-state index contributed by atoms with van der Waals surface area (Å²) in [7, 11) is -1.53. The number of nitrogens with one attached hydrogen (secondary N) is 1. The maximum Gasteiger partial charge on any atom is 0.320 e. The summed E-state index contributed by atoms with van der Waals surface area (Å²) in [5.74, 6) is 0.0808. The minimum atomic E-state index is -3.05. The van der Waals surface area contributed by atoms with Gasteiger partial charge in [0.1, 0.15) is 5.75 Å². The van der Waals surface area contributed by atoms with Gasteiger partial charge in [0.15, 0.2) is 11.5 Å². The van der Waals surface area contributed by atoms with Crippen molar-refractivity contribution in [1.82, 2.24) is 0 Å². The Morgan fingerprint density at radius 2 is 1.49 bits per heavy atom. The number of methoxy groups -OCH3 is 1. The summed E-state index contributed by atoms with van der Waals surface area (Å²) in [5, 5.41) is 14.0. The Balaban J connectivity index is 1.96. The summed E-state index contributed by atoms with van der Waals surface area (Å²) >= 11 is 3.20. The van der Waals surface area contributed by atoms with Gasteiger partial charge in [-0.2, -0.15) is 5.26 Å². The van der Waals surface area contributed by atoms with Crippen LogP contribution >= 0.6 is 15.9 Å². The first kappa shape index (κ1) is 29.8. The van der Waals surface area contributed by atoms with E-state index in [1.54, 1.807) is 30.3 Å². The molecule has 0 atom stereocenters. The number of ketones is 1. The molecule has 4 rings (SSSR count). The first-order valence-corrected chi connectivity index (χ1v) is 16.1. The number of ether oxygens (including phenoxy) is 1. The molecule has 0 bridgehead atoms. The summed E-state index contributed by atoms with van der Waals surface area (Å²) < 4.78 is 13.0. The molecule has 0 unspecified atom stereocenters. The fourth-order valence-corrected chi connectivity index (χ4v) is 9.53. The lowest BCUT2D eigenvalue weighted by molar-refractivity contribution is -0.113. The molecule has 0 saturated heterocycles. The van der Waals surface area contributed by atoms with Crippen LogP contribution in [0.15, 0.2) is 97.1 Å². The van der Waals surface area contributed by atoms with Gasteiger partial charge >= 0.3 is 8.32 Å². The molecule has 1 amide bonds. The van der Waals surface area contributed by atoms with Crippen molar-refractivity contribution in [2.24, 2.45) is 0 Å². The summed E-state index contributed by atoms with van der Waals surface area (Å²) in [6.45, 7) is 6.50. The maximum atomic E-state index is 13.7. The molecule has 208 valence electrons. The highest BCUT2D eigenvalue weighted by molar-refractivity contribution is 9.09. The molecule has 0 aromatic heterocycles. The van der Waals surface area contributed by atoms with Crippen molar-refractivity contribution >= 4 is 52.0 Å². The first-order valence-electron chi connectivity index (χ1n) is 13.1. The van der Waals surface area contributed by atoms with E-state index in [0.717, 1.165) is 10.4 Å². The van der Waals surface area contributed by atoms with Crippen molar-refractivity contribution in [3.63, 3.8) is 0 Å². The van der Waals surface area contributed by atoms with Crippen LogP contribution < -0.4 is 24.9 Å². The van der Waals surface area contributed by atoms with E-state index in [1.807, 2.05) is 36.4 Å². The third-order valence-corrected chi connectivity index (χ3v) is 12.3. The Morgan fingerprint density at radius 1 is 0.878 bits per heavy atom. The van der Waals surface area contributed by atoms with Crippen LogP contribution in [0, 0.1) is 11.3 Å². The monoisotopic (exact) mass is 626 g/mol. The van der Waals surface area contributed by atoms with Gasteiger partial charge in [0.25, 0.3) is 0 Å². The van der Waals surface area contributed by atoms with Crippen molar-refractivity contribution in [2.45, 2.75) is 25.8 Å². The molecular formula is C33H31BrN2O4Si. The highest BCUT2D eigenvalue weighted by atomic mass is 79.9. The van der Waals surface area contributed by atoms with Crippen molar-refractivity contribution in [3.8, 4) is 17.6 Å². The van der Waals surface area contributed by atoms with Gasteiger partial charge in [0, 0.05) is 11.6 Å². The molecule has 0 aliphatic heterocycles. The van der Waals surface area contributed by atoms with Crippen LogP contribution in [-0.2, 0) is 4.79 Å². The first-order chi connectivity index (χ1) is 19.6. The summed E-state index contributed by atoms with van der Waals surface area (Å²) in [4.78, 5) is 26.3. The zero-order chi connectivity index (χ0) is 29.6. The number of nitriles is 1. The van der Waals surface area contributed by atoms with Gasteiger partial charge in [-0.25, -0.2) is 0 Å². The molecule has 0 fully saturated rings. The number of alkyl halides is 1. The van der Waals surface area contributed by atoms with Gasteiger partial charge in [-0.3, -0.25) is 9.59 Å². The van der Waals surface area contributed by atoms with Crippen LogP contribution in [-0.4, -0.2) is 32.4 Å². The minimum absolute atomic E-state index is 0.0431. The minimum Gasteiger partial charge on any atom is -0.531 e. The van der Waals surface area contributed by atoms with E-state index in [2.05, 4.69) is 72.4 Å². The molecule has 8 heteroatoms. The van der Waals surface area contributed by atoms with Gasteiger partial charge < -0.3 is 14.5 Å². The Kier molecular flexibility index (Phi) is 9.11. The molecule has 0 saturated carbocycles. The molecule has 0 aliphatic carbocycles. The molecule has 0 radical (unpaired) electrons. The van der Waals surface area contributed by atoms with Crippen molar-refractivity contribution in [1.29, 1.82) is 5.26 Å². The molecule has 4 aromatic rings. The van der Waals surface area contributed by atoms with Crippen molar-refractivity contribution < 1.29 is 18.8 Å². The fraction of sp³-hybridized carbons (Fsp3) is 0.182. The number of benzene rings is 4. The van der Waals surface area contributed by atoms with E-state index >= 15 is 0 Å². The van der Waals surface area contributed by atoms with E-state index in [0.29, 0.717) is 22.6 Å². The van der Waals surface area contributed by atoms with E-state index in [9.17, 15) is 14.9 Å². The average molecular weight is 628 g/mol. The number of carbonyl (C=O) groups is 2. The van der Waals surface area contributed by atoms with Gasteiger partial charge in [-0.05, 0) is 33.6 Å². The van der Waals surface area contributed by atoms with Crippen LogP contribution in [0.4, 0.5) is 5.69 Å². The molecule has 0 aliphatic rings. The predicted molar refractivity (Wildman–Crippen MR) is 168 cm³/mol. The lowest BCUT2D eigenvalue weighted by atomic mass is 9.99. The van der Waals surface area contributed by atoms with Crippen LogP contribution in [0.25, 0.3) is 0 Å². The molecule has 41 heavy (non-hydrogen) atoms. The molecular weight excluding hydrogens is 596 g/mol. The van der Waals surface area contributed by atoms with Crippen LogP contribution in [0.3, 0.4) is 0 Å². The van der Waals surface area contributed by atoms with Crippen LogP contribution in [0.2, 0.25) is 5.04 Å². The van der Waals surface area contributed by atoms with Crippen molar-refractivity contribution in [2.75, 3.05) is 17.8 Å². The van der Waals surface area contributed by atoms with Gasteiger partial charge in [-0.1, -0.05) is 109 Å². The Bertz CT molecular complexity index is 1560. The second-order valence-electron chi connectivity index (χ2n) is 10.5. The topological polar surface area (TPSA) is 88.4 Å². The van der Waals surface area contributed by atoms with Crippen LogP contribution in [0.1, 0.15) is 42.3 Å². The highest BCUT2D eigenvalue weighted by Crippen LogP contribution is 2.42. The number of hydrogen-bond donors (Lipinski definition) is 1. The molecule has 0 heterocycles. The predicted octanol–water partition coefficient (Wildman–Crippen LogP) is 6.07. The standard InChI is InChI=1S/C33H31BrN2O4Si/c1-33(2,3)41(25-14-7-5-8-15-25,26-16-9-6-10-17-26)40-30-20-28(36-31(37)21-34)27(19-29(30)39-4)32(38)24-13-11-12-23(18-24)22-35/h5-20H,21H2,1-4H3,(H,36,37). The van der Waals surface area contributed by atoms with Crippen molar-refractivity contribution in [3.05, 3.63) is 114 Å². The molecule has 4 aromatic carbocycles. The molecule has 0 spiro atoms. The molecule has 1 N–H and O–H groups in total. The van der Waals surface area contributed by atoms with E-state index in [4.69, 9.17) is 9.16 Å². The van der Waals surface area contributed by atoms with Crippen LogP contribution in [0.5, 0.6) is 11.5 Å². The Labute approximate surface area is 250 Å². The summed E-state index contributed by atoms with van der Waals surface area (Å²) in [6, 6.07) is 32.1. The third kappa shape index (κ3) is 6.12. The fourth-order valence-electron chi connectivity index (χ4n) is 4.97. The number of rotatable bonds is 9. The van der Waals surface area contributed by atoms with Gasteiger partial charge in [0.2, 0.25) is 5.91 Å².